The van der Waals surface area contributed by atoms with Gasteiger partial charge in [0.1, 0.15) is 0 Å². The van der Waals surface area contributed by atoms with Crippen LogP contribution in [-0.2, 0) is 11.3 Å². The van der Waals surface area contributed by atoms with Crippen molar-refractivity contribution in [3.63, 3.8) is 0 Å². The summed E-state index contributed by atoms with van der Waals surface area (Å²) in [6, 6.07) is 0. The molecule has 0 aromatic carbocycles. The van der Waals surface area contributed by atoms with Crippen LogP contribution in [0.4, 0.5) is 0 Å². The number of nitrogens with two attached hydrogens (primary N) is 1. The summed E-state index contributed by atoms with van der Waals surface area (Å²) in [4.78, 5) is 16.8. The van der Waals surface area contributed by atoms with Crippen LogP contribution in [0.3, 0.4) is 0 Å². The fraction of sp³-hybridized carbons (Fsp3) is 0.444. The van der Waals surface area contributed by atoms with Crippen molar-refractivity contribution in [1.82, 2.24) is 10.3 Å². The number of thiocarbonyl (C=S) groups is 1. The van der Waals surface area contributed by atoms with Crippen LogP contribution in [0, 0.1) is 5.92 Å². The number of amides is 1. The zero-order chi connectivity index (χ0) is 11.3. The first kappa shape index (κ1) is 12.1. The minimum atomic E-state index is -0.368. The van der Waals surface area contributed by atoms with Gasteiger partial charge >= 0.3 is 0 Å². The molecule has 0 aliphatic carbocycles. The van der Waals surface area contributed by atoms with Crippen molar-refractivity contribution in [1.29, 1.82) is 0 Å². The van der Waals surface area contributed by atoms with E-state index in [1.165, 1.54) is 11.3 Å². The van der Waals surface area contributed by atoms with E-state index < -0.39 is 0 Å². The molecule has 1 aromatic rings. The highest BCUT2D eigenvalue weighted by molar-refractivity contribution is 7.80. The summed E-state index contributed by atoms with van der Waals surface area (Å²) in [5.74, 6) is -0.480. The van der Waals surface area contributed by atoms with Gasteiger partial charge < -0.3 is 11.1 Å². The fourth-order valence-electron chi connectivity index (χ4n) is 1.14. The maximum Gasteiger partial charge on any atom is 0.230 e. The van der Waals surface area contributed by atoms with E-state index in [0.717, 1.165) is 4.88 Å². The third-order valence-corrected chi connectivity index (χ3v) is 3.05. The second-order valence-corrected chi connectivity index (χ2v) is 4.49. The Morgan fingerprint density at radius 3 is 3.00 bits per heavy atom. The van der Waals surface area contributed by atoms with Crippen LogP contribution < -0.4 is 11.1 Å². The maximum absolute atomic E-state index is 11.6. The molecule has 0 aliphatic rings. The fourth-order valence-corrected chi connectivity index (χ4v) is 1.95. The number of nitrogens with one attached hydrogen (secondary N) is 1. The summed E-state index contributed by atoms with van der Waals surface area (Å²) in [7, 11) is 0. The molecule has 1 amide bonds. The monoisotopic (exact) mass is 243 g/mol. The van der Waals surface area contributed by atoms with Crippen molar-refractivity contribution in [2.45, 2.75) is 19.9 Å². The molecule has 1 heterocycles. The van der Waals surface area contributed by atoms with Crippen molar-refractivity contribution in [2.24, 2.45) is 11.7 Å². The van der Waals surface area contributed by atoms with Crippen LogP contribution in [0.1, 0.15) is 18.2 Å². The third-order valence-electron chi connectivity index (χ3n) is 1.99. The molecule has 0 bridgehead atoms. The average Bonchev–Trinajstić information content (AvgIpc) is 2.67. The average molecular weight is 243 g/mol. The Bertz CT molecular complexity index is 337. The number of thiazole rings is 1. The molecule has 0 saturated carbocycles. The first-order chi connectivity index (χ1) is 7.15. The molecule has 82 valence electrons. The number of hydrogen-bond acceptors (Lipinski definition) is 4. The van der Waals surface area contributed by atoms with Crippen LogP contribution in [0.15, 0.2) is 11.7 Å². The Labute approximate surface area is 97.9 Å². The highest BCUT2D eigenvalue weighted by Crippen LogP contribution is 2.07. The molecule has 0 radical (unpaired) electrons. The van der Waals surface area contributed by atoms with Crippen LogP contribution in [0.5, 0.6) is 0 Å². The van der Waals surface area contributed by atoms with Crippen LogP contribution in [0.25, 0.3) is 0 Å². The smallest absolute Gasteiger partial charge is 0.230 e. The van der Waals surface area contributed by atoms with Crippen LogP contribution in [-0.4, -0.2) is 15.9 Å². The summed E-state index contributed by atoms with van der Waals surface area (Å²) >= 11 is 6.32. The summed E-state index contributed by atoms with van der Waals surface area (Å²) in [5, 5.41) is 2.78. The SMILES string of the molecule is CCC(C(=O)NCc1cncs1)C(N)=S. The molecule has 3 N–H and O–H groups in total. The van der Waals surface area contributed by atoms with E-state index in [2.05, 4.69) is 10.3 Å². The molecule has 0 fully saturated rings. The van der Waals surface area contributed by atoms with Crippen molar-refractivity contribution in [2.75, 3.05) is 0 Å². The Kier molecular flexibility index (Phi) is 4.64. The molecular weight excluding hydrogens is 230 g/mol. The van der Waals surface area contributed by atoms with Crippen molar-refractivity contribution in [3.05, 3.63) is 16.6 Å². The predicted molar refractivity (Wildman–Crippen MR) is 64.5 cm³/mol. The molecule has 1 rings (SSSR count). The molecule has 1 unspecified atom stereocenters. The maximum atomic E-state index is 11.6. The summed E-state index contributed by atoms with van der Waals surface area (Å²) in [6.07, 6.45) is 2.36. The van der Waals surface area contributed by atoms with Gasteiger partial charge in [-0.3, -0.25) is 9.78 Å². The number of nitrogens with zero attached hydrogens (tertiary/aromatic N) is 1. The van der Waals surface area contributed by atoms with E-state index >= 15 is 0 Å². The van der Waals surface area contributed by atoms with Gasteiger partial charge in [0.15, 0.2) is 0 Å². The molecule has 0 spiro atoms. The van der Waals surface area contributed by atoms with Gasteiger partial charge in [0.05, 0.1) is 23.0 Å². The Morgan fingerprint density at radius 2 is 2.53 bits per heavy atom. The molecule has 1 atom stereocenters. The van der Waals surface area contributed by atoms with E-state index in [4.69, 9.17) is 18.0 Å². The van der Waals surface area contributed by atoms with Crippen molar-refractivity contribution < 1.29 is 4.79 Å². The zero-order valence-corrected chi connectivity index (χ0v) is 10.0. The predicted octanol–water partition coefficient (Wildman–Crippen LogP) is 1.07. The first-order valence-corrected chi connectivity index (χ1v) is 5.88. The van der Waals surface area contributed by atoms with Gasteiger partial charge in [0.2, 0.25) is 5.91 Å². The lowest BCUT2D eigenvalue weighted by Gasteiger charge is -2.12. The third kappa shape index (κ3) is 3.56. The van der Waals surface area contributed by atoms with Crippen molar-refractivity contribution in [3.8, 4) is 0 Å². The number of aromatic nitrogens is 1. The Morgan fingerprint density at radius 1 is 1.80 bits per heavy atom. The number of hydrogen-bond donors (Lipinski definition) is 2. The second kappa shape index (κ2) is 5.77. The number of carbonyl (C=O) groups excluding carboxylic acids is 1. The highest BCUT2D eigenvalue weighted by atomic mass is 32.1. The molecule has 0 saturated heterocycles. The summed E-state index contributed by atoms with van der Waals surface area (Å²) in [6.45, 7) is 2.37. The lowest BCUT2D eigenvalue weighted by Crippen LogP contribution is -2.37. The van der Waals surface area contributed by atoms with E-state index in [-0.39, 0.29) is 16.8 Å². The van der Waals surface area contributed by atoms with Gasteiger partial charge in [-0.2, -0.15) is 0 Å². The van der Waals surface area contributed by atoms with Crippen LogP contribution in [0.2, 0.25) is 0 Å². The highest BCUT2D eigenvalue weighted by Gasteiger charge is 2.18. The van der Waals surface area contributed by atoms with Gasteiger partial charge in [-0.15, -0.1) is 11.3 Å². The first-order valence-electron chi connectivity index (χ1n) is 4.59. The molecule has 4 nitrogen and oxygen atoms in total. The van der Waals surface area contributed by atoms with Gasteiger partial charge in [0.25, 0.3) is 0 Å². The second-order valence-electron chi connectivity index (χ2n) is 3.05. The lowest BCUT2D eigenvalue weighted by atomic mass is 10.1. The minimum Gasteiger partial charge on any atom is -0.393 e. The van der Waals surface area contributed by atoms with Crippen molar-refractivity contribution >= 4 is 34.5 Å². The van der Waals surface area contributed by atoms with Gasteiger partial charge in [-0.05, 0) is 6.42 Å². The largest absolute Gasteiger partial charge is 0.393 e. The molecular formula is C9H13N3OS2. The minimum absolute atomic E-state index is 0.113. The number of rotatable bonds is 5. The van der Waals surface area contributed by atoms with Gasteiger partial charge in [-0.25, -0.2) is 0 Å². The zero-order valence-electron chi connectivity index (χ0n) is 8.40. The van der Waals surface area contributed by atoms with Gasteiger partial charge in [-0.1, -0.05) is 19.1 Å². The topological polar surface area (TPSA) is 68.0 Å². The number of carbonyl (C=O) groups is 1. The quantitative estimate of drug-likeness (QED) is 0.759. The van der Waals surface area contributed by atoms with E-state index in [9.17, 15) is 4.79 Å². The van der Waals surface area contributed by atoms with Crippen LogP contribution >= 0.6 is 23.6 Å². The van der Waals surface area contributed by atoms with Gasteiger partial charge in [0, 0.05) is 11.1 Å². The Hall–Kier alpha value is -1.01. The van der Waals surface area contributed by atoms with E-state index in [1.807, 2.05) is 6.92 Å². The lowest BCUT2D eigenvalue weighted by molar-refractivity contribution is -0.123. The molecule has 6 heteroatoms. The van der Waals surface area contributed by atoms with E-state index in [1.54, 1.807) is 11.7 Å². The van der Waals surface area contributed by atoms with E-state index in [0.29, 0.717) is 13.0 Å². The molecule has 0 aliphatic heterocycles. The summed E-state index contributed by atoms with van der Waals surface area (Å²) in [5.41, 5.74) is 7.19. The normalized spacial score (nSPS) is 12.1. The Balaban J connectivity index is 2.44. The molecule has 15 heavy (non-hydrogen) atoms. The molecule has 1 aromatic heterocycles. The standard InChI is InChI=1S/C9H13N3OS2/c1-2-7(8(10)14)9(13)12-4-6-3-11-5-15-6/h3,5,7H,2,4H2,1H3,(H2,10,14)(H,12,13). The summed E-state index contributed by atoms with van der Waals surface area (Å²) < 4.78 is 0.